The van der Waals surface area contributed by atoms with E-state index >= 15 is 0 Å². The smallest absolute Gasteiger partial charge is 0.0632 e. The molecular formula is C8H12O. The average Bonchev–Trinajstić information content (AvgIpc) is 1.83. The topological polar surface area (TPSA) is 23.1 Å². The van der Waals surface area contributed by atoms with Gasteiger partial charge in [-0.1, -0.05) is 0 Å². The Hall–Kier alpha value is -0.590. The van der Waals surface area contributed by atoms with E-state index < -0.39 is 0 Å². The number of hydrogen-bond donors (Lipinski definition) is 0. The van der Waals surface area contributed by atoms with Gasteiger partial charge in [0.2, 0.25) is 0 Å². The molecule has 0 atom stereocenters. The van der Waals surface area contributed by atoms with Crippen molar-refractivity contribution in [1.82, 2.24) is 0 Å². The van der Waals surface area contributed by atoms with Crippen LogP contribution in [-0.4, -0.2) is 0 Å². The molecule has 0 N–H and O–H groups in total. The van der Waals surface area contributed by atoms with Crippen LogP contribution in [-0.2, 0) is 0 Å². The van der Waals surface area contributed by atoms with E-state index in [1.165, 1.54) is 6.42 Å². The molecule has 0 aliphatic heterocycles. The standard InChI is InChI=1S/C8H12O/c1-6-4-3-5-7(2)8(6)9/h3-5H2,1-2H3. The fourth-order valence-electron chi connectivity index (χ4n) is 1.21. The summed E-state index contributed by atoms with van der Waals surface area (Å²) in [6.45, 7) is 3.87. The first-order valence-corrected chi connectivity index (χ1v) is 3.41. The van der Waals surface area contributed by atoms with Crippen molar-refractivity contribution < 1.29 is 5.11 Å². The molecule has 1 heteroatoms. The van der Waals surface area contributed by atoms with E-state index in [0.717, 1.165) is 24.3 Å². The summed E-state index contributed by atoms with van der Waals surface area (Å²) in [6, 6.07) is 0. The third-order valence-corrected chi connectivity index (χ3v) is 1.88. The second kappa shape index (κ2) is 2.34. The molecule has 0 aromatic heterocycles. The van der Waals surface area contributed by atoms with Crippen LogP contribution in [0.3, 0.4) is 0 Å². The maximum Gasteiger partial charge on any atom is 0.0632 e. The quantitative estimate of drug-likeness (QED) is 0.447. The Morgan fingerprint density at radius 3 is 2.67 bits per heavy atom. The Bertz CT molecular complexity index is 136. The molecule has 0 aromatic rings. The second-order valence-electron chi connectivity index (χ2n) is 2.74. The van der Waals surface area contributed by atoms with Crippen LogP contribution in [0.2, 0.25) is 0 Å². The Labute approximate surface area is 56.4 Å². The van der Waals surface area contributed by atoms with Crippen LogP contribution in [0, 0.1) is 5.92 Å². The van der Waals surface area contributed by atoms with Gasteiger partial charge in [-0.05, 0) is 6.42 Å². The first kappa shape index (κ1) is 6.53. The van der Waals surface area contributed by atoms with Gasteiger partial charge in [-0.3, -0.25) is 0 Å². The summed E-state index contributed by atoms with van der Waals surface area (Å²) in [6.07, 6.45) is 3.19. The predicted octanol–water partition coefficient (Wildman–Crippen LogP) is 1.40. The van der Waals surface area contributed by atoms with Crippen molar-refractivity contribution in [3.8, 4) is 0 Å². The van der Waals surface area contributed by atoms with E-state index in [9.17, 15) is 5.11 Å². The molecule has 50 valence electrons. The van der Waals surface area contributed by atoms with Crippen molar-refractivity contribution >= 4 is 0 Å². The molecule has 0 bridgehead atoms. The van der Waals surface area contributed by atoms with E-state index in [0.29, 0.717) is 5.76 Å². The molecule has 0 heterocycles. The minimum absolute atomic E-state index is 0.307. The molecule has 0 spiro atoms. The molecule has 1 aliphatic rings. The molecule has 0 unspecified atom stereocenters. The third kappa shape index (κ3) is 1.21. The van der Waals surface area contributed by atoms with Gasteiger partial charge in [-0.2, -0.15) is 0 Å². The molecule has 0 saturated heterocycles. The lowest BCUT2D eigenvalue weighted by molar-refractivity contribution is -0.304. The summed E-state index contributed by atoms with van der Waals surface area (Å²) in [7, 11) is 0. The highest BCUT2D eigenvalue weighted by Gasteiger charge is 2.17. The van der Waals surface area contributed by atoms with E-state index in [1.54, 1.807) is 0 Å². The fraction of sp³-hybridized carbons (Fsp3) is 0.625. The Morgan fingerprint density at radius 2 is 2.22 bits per heavy atom. The monoisotopic (exact) mass is 124 g/mol. The van der Waals surface area contributed by atoms with Crippen LogP contribution in [0.1, 0.15) is 33.1 Å². The molecular weight excluding hydrogens is 112 g/mol. The first-order valence-electron chi connectivity index (χ1n) is 3.41. The van der Waals surface area contributed by atoms with Crippen molar-refractivity contribution in [2.45, 2.75) is 33.1 Å². The highest BCUT2D eigenvalue weighted by Crippen LogP contribution is 2.26. The Balaban J connectivity index is 2.72. The lowest BCUT2D eigenvalue weighted by Crippen LogP contribution is -2.17. The molecule has 1 nitrogen and oxygen atoms in total. The van der Waals surface area contributed by atoms with Crippen LogP contribution in [0.25, 0.3) is 0 Å². The molecule has 0 aromatic carbocycles. The molecule has 0 saturated carbocycles. The van der Waals surface area contributed by atoms with Crippen molar-refractivity contribution in [2.24, 2.45) is 0 Å². The van der Waals surface area contributed by atoms with Crippen LogP contribution >= 0.6 is 0 Å². The Kier molecular flexibility index (Phi) is 1.70. The highest BCUT2D eigenvalue weighted by atomic mass is 16.3. The highest BCUT2D eigenvalue weighted by molar-refractivity contribution is 5.22. The zero-order valence-corrected chi connectivity index (χ0v) is 6.03. The van der Waals surface area contributed by atoms with E-state index in [2.05, 4.69) is 0 Å². The van der Waals surface area contributed by atoms with Gasteiger partial charge < -0.3 is 5.11 Å². The molecule has 1 aliphatic carbocycles. The largest absolute Gasteiger partial charge is 0.841 e. The number of allylic oxidation sites excluding steroid dienone is 2. The fourth-order valence-corrected chi connectivity index (χ4v) is 1.21. The summed E-state index contributed by atoms with van der Waals surface area (Å²) >= 11 is 0. The van der Waals surface area contributed by atoms with Crippen LogP contribution in [0.15, 0.2) is 11.3 Å². The van der Waals surface area contributed by atoms with Gasteiger partial charge in [0, 0.05) is 38.2 Å². The predicted molar refractivity (Wildman–Crippen MR) is 35.5 cm³/mol. The summed E-state index contributed by atoms with van der Waals surface area (Å²) < 4.78 is 0. The molecule has 0 amide bonds. The van der Waals surface area contributed by atoms with Gasteiger partial charge in [-0.15, -0.1) is 0 Å². The van der Waals surface area contributed by atoms with Crippen LogP contribution in [0.4, 0.5) is 0 Å². The van der Waals surface area contributed by atoms with Gasteiger partial charge in [0.1, 0.15) is 0 Å². The normalized spacial score (nSPS) is 20.9. The number of rotatable bonds is 0. The van der Waals surface area contributed by atoms with Gasteiger partial charge in [-0.25, -0.2) is 0 Å². The van der Waals surface area contributed by atoms with E-state index in [-0.39, 0.29) is 0 Å². The van der Waals surface area contributed by atoms with Gasteiger partial charge in [0.25, 0.3) is 0 Å². The third-order valence-electron chi connectivity index (χ3n) is 1.88. The lowest BCUT2D eigenvalue weighted by atomic mass is 9.91. The SMILES string of the molecule is CC1=C([O-])[C+](C)CCC1. The molecule has 9 heavy (non-hydrogen) atoms. The second-order valence-corrected chi connectivity index (χ2v) is 2.74. The van der Waals surface area contributed by atoms with E-state index in [4.69, 9.17) is 0 Å². The summed E-state index contributed by atoms with van der Waals surface area (Å²) in [5, 5.41) is 11.1. The van der Waals surface area contributed by atoms with Crippen LogP contribution < -0.4 is 5.11 Å². The van der Waals surface area contributed by atoms with Gasteiger partial charge in [0.05, 0.1) is 5.76 Å². The van der Waals surface area contributed by atoms with Crippen molar-refractivity contribution in [3.63, 3.8) is 0 Å². The summed E-state index contributed by atoms with van der Waals surface area (Å²) in [5.74, 6) is 1.35. The molecule has 1 rings (SSSR count). The zero-order chi connectivity index (χ0) is 6.85. The van der Waals surface area contributed by atoms with E-state index in [1.807, 2.05) is 13.8 Å². The lowest BCUT2D eigenvalue weighted by Gasteiger charge is -2.18. The molecule has 0 radical (unpaired) electrons. The summed E-state index contributed by atoms with van der Waals surface area (Å²) in [5.41, 5.74) is 1.04. The average molecular weight is 124 g/mol. The zero-order valence-electron chi connectivity index (χ0n) is 6.03. The van der Waals surface area contributed by atoms with Crippen molar-refractivity contribution in [3.05, 3.63) is 17.3 Å². The first-order chi connectivity index (χ1) is 4.22. The van der Waals surface area contributed by atoms with Gasteiger partial charge in [0.15, 0.2) is 0 Å². The Morgan fingerprint density at radius 1 is 1.56 bits per heavy atom. The summed E-state index contributed by atoms with van der Waals surface area (Å²) in [4.78, 5) is 0. The minimum atomic E-state index is 0.307. The number of hydrogen-bond acceptors (Lipinski definition) is 1. The maximum atomic E-state index is 11.1. The minimum Gasteiger partial charge on any atom is -0.841 e. The van der Waals surface area contributed by atoms with Crippen molar-refractivity contribution in [2.75, 3.05) is 0 Å². The van der Waals surface area contributed by atoms with Gasteiger partial charge >= 0.3 is 0 Å². The molecule has 0 fully saturated rings. The van der Waals surface area contributed by atoms with Crippen molar-refractivity contribution in [1.29, 1.82) is 0 Å². The maximum absolute atomic E-state index is 11.1. The van der Waals surface area contributed by atoms with Crippen LogP contribution in [0.5, 0.6) is 0 Å².